The van der Waals surface area contributed by atoms with Gasteiger partial charge in [0.05, 0.1) is 17.6 Å². The quantitative estimate of drug-likeness (QED) is 0.287. The molecule has 1 aromatic rings. The van der Waals surface area contributed by atoms with Crippen LogP contribution in [0.4, 0.5) is 0 Å². The number of nitrogens with two attached hydrogens (primary N) is 3. The van der Waals surface area contributed by atoms with E-state index >= 15 is 0 Å². The van der Waals surface area contributed by atoms with E-state index in [0.29, 0.717) is 11.4 Å². The molecule has 0 aromatic carbocycles. The van der Waals surface area contributed by atoms with E-state index in [4.69, 9.17) is 22.6 Å². The van der Waals surface area contributed by atoms with E-state index in [1.807, 2.05) is 0 Å². The van der Waals surface area contributed by atoms with E-state index in [1.165, 1.54) is 4.68 Å². The molecule has 0 amide bonds. The third kappa shape index (κ3) is 2.35. The van der Waals surface area contributed by atoms with Crippen molar-refractivity contribution in [2.24, 2.45) is 27.4 Å². The summed E-state index contributed by atoms with van der Waals surface area (Å²) in [4.78, 5) is 0. The van der Waals surface area contributed by atoms with Crippen molar-refractivity contribution >= 4 is 17.6 Å². The maximum atomic E-state index is 7.27. The molecule has 0 radical (unpaired) electrons. The van der Waals surface area contributed by atoms with Crippen LogP contribution in [0.5, 0.6) is 0 Å². The van der Waals surface area contributed by atoms with Gasteiger partial charge in [-0.25, -0.2) is 4.68 Å². The van der Waals surface area contributed by atoms with Crippen molar-refractivity contribution in [3.8, 4) is 0 Å². The Morgan fingerprint density at radius 1 is 1.38 bits per heavy atom. The maximum Gasteiger partial charge on any atom is 0.213 e. The monoisotopic (exact) mass is 222 g/mol. The molecule has 0 aliphatic heterocycles. The zero-order chi connectivity index (χ0) is 12.3. The van der Waals surface area contributed by atoms with E-state index in [-0.39, 0.29) is 11.9 Å². The minimum atomic E-state index is -0.154. The number of nitrogens with zero attached hydrogens (tertiary/aromatic N) is 4. The van der Waals surface area contributed by atoms with Gasteiger partial charge < -0.3 is 17.2 Å². The van der Waals surface area contributed by atoms with Crippen molar-refractivity contribution < 1.29 is 0 Å². The number of nitrogen functional groups attached to an aromatic ring is 1. The van der Waals surface area contributed by atoms with E-state index in [1.54, 1.807) is 20.0 Å². The molecule has 0 saturated carbocycles. The lowest BCUT2D eigenvalue weighted by Crippen LogP contribution is -2.23. The fourth-order valence-electron chi connectivity index (χ4n) is 1.19. The van der Waals surface area contributed by atoms with E-state index in [9.17, 15) is 0 Å². The molecule has 16 heavy (non-hydrogen) atoms. The SMILES string of the molecule is C/C(=N\N=C(N)N)c1cnn(C(=N)N)c1C. The predicted octanol–water partition coefficient (Wildman–Crippen LogP) is -1.07. The van der Waals surface area contributed by atoms with Crippen LogP contribution in [-0.2, 0) is 0 Å². The highest BCUT2D eigenvalue weighted by Gasteiger charge is 2.10. The number of hydrogen-bond donors (Lipinski definition) is 4. The molecule has 0 aliphatic rings. The fraction of sp³-hybridized carbons (Fsp3) is 0.250. The van der Waals surface area contributed by atoms with E-state index in [2.05, 4.69) is 15.3 Å². The molecule has 0 bridgehead atoms. The number of nitrogens with one attached hydrogen (secondary N) is 1. The van der Waals surface area contributed by atoms with Crippen molar-refractivity contribution in [1.82, 2.24) is 9.78 Å². The van der Waals surface area contributed by atoms with Gasteiger partial charge in [0.1, 0.15) is 0 Å². The lowest BCUT2D eigenvalue weighted by Gasteiger charge is -2.01. The normalized spacial score (nSPS) is 11.2. The van der Waals surface area contributed by atoms with Gasteiger partial charge in [0.25, 0.3) is 0 Å². The second-order valence-electron chi connectivity index (χ2n) is 3.15. The van der Waals surface area contributed by atoms with Crippen molar-refractivity contribution in [3.05, 3.63) is 17.5 Å². The number of guanidine groups is 1. The Balaban J connectivity index is 3.11. The molecular weight excluding hydrogens is 208 g/mol. The summed E-state index contributed by atoms with van der Waals surface area (Å²) >= 11 is 0. The van der Waals surface area contributed by atoms with Crippen LogP contribution in [0, 0.1) is 12.3 Å². The molecule has 7 N–H and O–H groups in total. The van der Waals surface area contributed by atoms with Crippen LogP contribution in [0.15, 0.2) is 16.4 Å². The highest BCUT2D eigenvalue weighted by Crippen LogP contribution is 2.08. The Bertz CT molecular complexity index is 462. The third-order valence-electron chi connectivity index (χ3n) is 1.94. The van der Waals surface area contributed by atoms with Crippen molar-refractivity contribution in [1.29, 1.82) is 5.41 Å². The van der Waals surface area contributed by atoms with Gasteiger partial charge in [-0.1, -0.05) is 0 Å². The number of rotatable bonds is 2. The lowest BCUT2D eigenvalue weighted by atomic mass is 10.2. The van der Waals surface area contributed by atoms with Crippen LogP contribution in [0.25, 0.3) is 0 Å². The summed E-state index contributed by atoms with van der Waals surface area (Å²) in [6.07, 6.45) is 1.55. The van der Waals surface area contributed by atoms with Crippen molar-refractivity contribution in [2.75, 3.05) is 0 Å². The Morgan fingerprint density at radius 2 is 2.00 bits per heavy atom. The summed E-state index contributed by atoms with van der Waals surface area (Å²) in [5.74, 6) is -0.269. The number of hydrogen-bond acceptors (Lipinski definition) is 4. The Hall–Kier alpha value is -2.38. The van der Waals surface area contributed by atoms with Crippen LogP contribution < -0.4 is 17.2 Å². The first-order chi connectivity index (χ1) is 7.43. The summed E-state index contributed by atoms with van der Waals surface area (Å²) < 4.78 is 1.30. The van der Waals surface area contributed by atoms with Gasteiger partial charge >= 0.3 is 0 Å². The highest BCUT2D eigenvalue weighted by atomic mass is 15.3. The van der Waals surface area contributed by atoms with Gasteiger partial charge in [-0.15, -0.1) is 5.10 Å². The Labute approximate surface area is 92.3 Å². The molecule has 0 aliphatic carbocycles. The first-order valence-electron chi connectivity index (χ1n) is 4.46. The second kappa shape index (κ2) is 4.43. The molecule has 0 unspecified atom stereocenters. The summed E-state index contributed by atoms with van der Waals surface area (Å²) in [6.45, 7) is 3.51. The fourth-order valence-corrected chi connectivity index (χ4v) is 1.19. The minimum absolute atomic E-state index is 0.115. The van der Waals surface area contributed by atoms with Crippen LogP contribution in [0.1, 0.15) is 18.2 Å². The van der Waals surface area contributed by atoms with Gasteiger partial charge in [-0.3, -0.25) is 5.41 Å². The average molecular weight is 222 g/mol. The van der Waals surface area contributed by atoms with Crippen LogP contribution in [0.2, 0.25) is 0 Å². The maximum absolute atomic E-state index is 7.27. The molecule has 0 spiro atoms. The van der Waals surface area contributed by atoms with Gasteiger partial charge in [0.15, 0.2) is 0 Å². The standard InChI is InChI=1S/C8H14N8/c1-4(14-15-7(9)10)6-3-13-16(5(6)2)8(11)12/h3H,1-2H3,(H3,11,12)(H4,9,10,15)/b14-4+. The zero-order valence-corrected chi connectivity index (χ0v) is 9.10. The average Bonchev–Trinajstić information content (AvgIpc) is 2.56. The Kier molecular flexibility index (Phi) is 3.24. The zero-order valence-electron chi connectivity index (χ0n) is 9.10. The first kappa shape index (κ1) is 11.7. The van der Waals surface area contributed by atoms with Crippen LogP contribution in [0.3, 0.4) is 0 Å². The summed E-state index contributed by atoms with van der Waals surface area (Å²) in [6, 6.07) is 0. The molecule has 0 atom stereocenters. The van der Waals surface area contributed by atoms with Gasteiger partial charge in [0, 0.05) is 5.56 Å². The highest BCUT2D eigenvalue weighted by molar-refractivity contribution is 6.00. The van der Waals surface area contributed by atoms with Crippen molar-refractivity contribution in [3.63, 3.8) is 0 Å². The van der Waals surface area contributed by atoms with Crippen molar-refractivity contribution in [2.45, 2.75) is 13.8 Å². The van der Waals surface area contributed by atoms with Gasteiger partial charge in [-0.05, 0) is 13.8 Å². The summed E-state index contributed by atoms with van der Waals surface area (Å²) in [5, 5.41) is 18.6. The third-order valence-corrected chi connectivity index (χ3v) is 1.94. The molecule has 1 heterocycles. The number of aromatic nitrogens is 2. The van der Waals surface area contributed by atoms with Crippen LogP contribution in [-0.4, -0.2) is 27.4 Å². The molecular formula is C8H14N8. The largest absolute Gasteiger partial charge is 0.369 e. The van der Waals surface area contributed by atoms with Crippen LogP contribution >= 0.6 is 0 Å². The molecule has 0 saturated heterocycles. The molecule has 86 valence electrons. The summed E-state index contributed by atoms with van der Waals surface area (Å²) in [7, 11) is 0. The molecule has 0 fully saturated rings. The molecule has 1 aromatic heterocycles. The topological polar surface area (TPSA) is 144 Å². The Morgan fingerprint density at radius 3 is 2.44 bits per heavy atom. The molecule has 8 heteroatoms. The smallest absolute Gasteiger partial charge is 0.213 e. The minimum Gasteiger partial charge on any atom is -0.369 e. The molecule has 1 rings (SSSR count). The van der Waals surface area contributed by atoms with E-state index in [0.717, 1.165) is 5.56 Å². The van der Waals surface area contributed by atoms with E-state index < -0.39 is 0 Å². The lowest BCUT2D eigenvalue weighted by molar-refractivity contribution is 0.877. The van der Waals surface area contributed by atoms with Gasteiger partial charge in [-0.2, -0.15) is 10.2 Å². The predicted molar refractivity (Wildman–Crippen MR) is 62.3 cm³/mol. The summed E-state index contributed by atoms with van der Waals surface area (Å²) in [5.41, 5.74) is 17.7. The first-order valence-corrected chi connectivity index (χ1v) is 4.46. The molecule has 8 nitrogen and oxygen atoms in total. The second-order valence-corrected chi connectivity index (χ2v) is 3.15. The van der Waals surface area contributed by atoms with Gasteiger partial charge in [0.2, 0.25) is 11.9 Å².